The fraction of sp³-hybridized carbons (Fsp3) is 0.667. The van der Waals surface area contributed by atoms with Gasteiger partial charge >= 0.3 is 5.97 Å². The molecular weight excluding hydrogens is 411 g/mol. The van der Waals surface area contributed by atoms with Crippen LogP contribution in [0.2, 0.25) is 0 Å². The van der Waals surface area contributed by atoms with E-state index in [1.165, 1.54) is 6.42 Å². The molecule has 3 heteroatoms. The van der Waals surface area contributed by atoms with Gasteiger partial charge < -0.3 is 4.74 Å². The predicted octanol–water partition coefficient (Wildman–Crippen LogP) is 6.32. The van der Waals surface area contributed by atoms with Crippen molar-refractivity contribution in [2.75, 3.05) is 0 Å². The van der Waals surface area contributed by atoms with Gasteiger partial charge in [-0.05, 0) is 88.8 Å². The summed E-state index contributed by atoms with van der Waals surface area (Å²) in [6.07, 6.45) is 3.10. The Bertz CT molecular complexity index is 541. The molecule has 1 aliphatic rings. The molecule has 0 saturated heterocycles. The Morgan fingerprint density at radius 1 is 0.917 bits per heavy atom. The van der Waals surface area contributed by atoms with Crippen LogP contribution in [0.4, 0.5) is 0 Å². The molecule has 0 amide bonds. The van der Waals surface area contributed by atoms with Crippen molar-refractivity contribution in [2.24, 2.45) is 28.6 Å². The highest BCUT2D eigenvalue weighted by Crippen LogP contribution is 2.48. The van der Waals surface area contributed by atoms with Crippen LogP contribution < -0.4 is 4.74 Å². The average Bonchev–Trinajstić information content (AvgIpc) is 2.47. The molecule has 0 aromatic heterocycles. The summed E-state index contributed by atoms with van der Waals surface area (Å²) in [6, 6.07) is 7.70. The van der Waals surface area contributed by atoms with Gasteiger partial charge in [-0.3, -0.25) is 4.79 Å². The summed E-state index contributed by atoms with van der Waals surface area (Å²) >= 11 is 2.26. The molecule has 0 radical (unpaired) electrons. The van der Waals surface area contributed by atoms with E-state index in [4.69, 9.17) is 4.74 Å². The van der Waals surface area contributed by atoms with Crippen LogP contribution in [0.3, 0.4) is 0 Å². The van der Waals surface area contributed by atoms with Crippen molar-refractivity contribution in [3.8, 4) is 5.75 Å². The third kappa shape index (κ3) is 5.21. The van der Waals surface area contributed by atoms with Crippen molar-refractivity contribution >= 4 is 28.6 Å². The van der Waals surface area contributed by atoms with E-state index in [2.05, 4.69) is 64.1 Å². The minimum atomic E-state index is -0.0561. The van der Waals surface area contributed by atoms with Gasteiger partial charge in [0.2, 0.25) is 0 Å². The van der Waals surface area contributed by atoms with Gasteiger partial charge in [-0.15, -0.1) is 0 Å². The maximum absolute atomic E-state index is 12.8. The molecule has 2 nitrogen and oxygen atoms in total. The van der Waals surface area contributed by atoms with Gasteiger partial charge in [0.15, 0.2) is 0 Å². The van der Waals surface area contributed by atoms with E-state index in [1.54, 1.807) is 0 Å². The number of benzene rings is 1. The van der Waals surface area contributed by atoms with Crippen molar-refractivity contribution in [3.63, 3.8) is 0 Å². The fourth-order valence-corrected chi connectivity index (χ4v) is 3.99. The zero-order valence-corrected chi connectivity index (χ0v) is 18.0. The quantitative estimate of drug-likeness (QED) is 0.304. The zero-order valence-electron chi connectivity index (χ0n) is 15.9. The first-order chi connectivity index (χ1) is 11.0. The molecule has 0 heterocycles. The molecule has 0 aliphatic heterocycles. The molecule has 1 saturated carbocycles. The number of halogens is 1. The normalized spacial score (nSPS) is 25.4. The Morgan fingerprint density at radius 2 is 1.38 bits per heavy atom. The van der Waals surface area contributed by atoms with Crippen LogP contribution in [-0.2, 0) is 4.79 Å². The summed E-state index contributed by atoms with van der Waals surface area (Å²) in [5.41, 5.74) is 0.455. The van der Waals surface area contributed by atoms with Crippen molar-refractivity contribution in [1.29, 1.82) is 0 Å². The van der Waals surface area contributed by atoms with Crippen LogP contribution in [0.5, 0.6) is 5.75 Å². The highest BCUT2D eigenvalue weighted by atomic mass is 127. The molecule has 24 heavy (non-hydrogen) atoms. The van der Waals surface area contributed by atoms with Crippen LogP contribution in [0, 0.1) is 32.2 Å². The average molecular weight is 442 g/mol. The number of hydrogen-bond acceptors (Lipinski definition) is 2. The number of ether oxygens (including phenoxy) is 1. The SMILES string of the molecule is CC(C)(C)[C@H]1CC(C(=O)Oc2ccc(I)cc2)C[C@H](C(C)(C)C)C1. The Morgan fingerprint density at radius 3 is 1.79 bits per heavy atom. The zero-order chi connectivity index (χ0) is 18.1. The Balaban J connectivity index is 2.14. The van der Waals surface area contributed by atoms with Gasteiger partial charge in [-0.2, -0.15) is 0 Å². The second-order valence-corrected chi connectivity index (χ2v) is 10.7. The van der Waals surface area contributed by atoms with Gasteiger partial charge in [0.1, 0.15) is 5.75 Å². The fourth-order valence-electron chi connectivity index (χ4n) is 3.63. The largest absolute Gasteiger partial charge is 0.426 e. The summed E-state index contributed by atoms with van der Waals surface area (Å²) in [7, 11) is 0. The van der Waals surface area contributed by atoms with Crippen molar-refractivity contribution in [2.45, 2.75) is 60.8 Å². The molecule has 1 aliphatic carbocycles. The van der Waals surface area contributed by atoms with Gasteiger partial charge in [-0.1, -0.05) is 41.5 Å². The second-order valence-electron chi connectivity index (χ2n) is 9.40. The first-order valence-electron chi connectivity index (χ1n) is 8.94. The highest BCUT2D eigenvalue weighted by Gasteiger charge is 2.42. The molecule has 0 bridgehead atoms. The van der Waals surface area contributed by atoms with E-state index < -0.39 is 0 Å². The summed E-state index contributed by atoms with van der Waals surface area (Å²) in [5.74, 6) is 1.73. The van der Waals surface area contributed by atoms with E-state index in [1.807, 2.05) is 24.3 Å². The van der Waals surface area contributed by atoms with Crippen molar-refractivity contribution < 1.29 is 9.53 Å². The first-order valence-corrected chi connectivity index (χ1v) is 10.0. The number of esters is 1. The molecule has 0 spiro atoms. The topological polar surface area (TPSA) is 26.3 Å². The molecule has 1 fully saturated rings. The lowest BCUT2D eigenvalue weighted by molar-refractivity contribution is -0.142. The molecule has 134 valence electrons. The van der Waals surface area contributed by atoms with Crippen LogP contribution in [0.1, 0.15) is 60.8 Å². The number of hydrogen-bond donors (Lipinski definition) is 0. The Hall–Kier alpha value is -0.580. The number of rotatable bonds is 2. The minimum absolute atomic E-state index is 0.00600. The number of carbonyl (C=O) groups excluding carboxylic acids is 1. The summed E-state index contributed by atoms with van der Waals surface area (Å²) in [4.78, 5) is 12.8. The van der Waals surface area contributed by atoms with E-state index in [0.29, 0.717) is 17.6 Å². The molecule has 2 rings (SSSR count). The molecule has 0 N–H and O–H groups in total. The molecule has 0 unspecified atom stereocenters. The predicted molar refractivity (Wildman–Crippen MR) is 108 cm³/mol. The molecule has 2 atom stereocenters. The lowest BCUT2D eigenvalue weighted by Crippen LogP contribution is -2.39. The summed E-state index contributed by atoms with van der Waals surface area (Å²) < 4.78 is 6.83. The Kier molecular flexibility index (Phi) is 6.04. The lowest BCUT2D eigenvalue weighted by atomic mass is 9.60. The maximum atomic E-state index is 12.8. The highest BCUT2D eigenvalue weighted by molar-refractivity contribution is 14.1. The third-order valence-electron chi connectivity index (χ3n) is 5.52. The number of carbonyl (C=O) groups is 1. The Labute approximate surface area is 160 Å². The standard InChI is InChI=1S/C21H31IO2/c1-20(2,3)15-11-14(12-16(13-15)21(4,5)6)19(23)24-18-9-7-17(22)8-10-18/h7-10,14-16H,11-13H2,1-6H3/t15-,16-/m0/s1. The minimum Gasteiger partial charge on any atom is -0.426 e. The van der Waals surface area contributed by atoms with Crippen LogP contribution in [0.25, 0.3) is 0 Å². The van der Waals surface area contributed by atoms with E-state index in [0.717, 1.165) is 16.4 Å². The van der Waals surface area contributed by atoms with Crippen LogP contribution >= 0.6 is 22.6 Å². The second kappa shape index (κ2) is 7.35. The van der Waals surface area contributed by atoms with Gasteiger partial charge in [-0.25, -0.2) is 0 Å². The van der Waals surface area contributed by atoms with Crippen LogP contribution in [0.15, 0.2) is 24.3 Å². The third-order valence-corrected chi connectivity index (χ3v) is 6.24. The molecule has 1 aromatic rings. The molecule has 1 aromatic carbocycles. The van der Waals surface area contributed by atoms with E-state index in [9.17, 15) is 4.79 Å². The van der Waals surface area contributed by atoms with Crippen molar-refractivity contribution in [3.05, 3.63) is 27.8 Å². The van der Waals surface area contributed by atoms with Crippen LogP contribution in [-0.4, -0.2) is 5.97 Å². The van der Waals surface area contributed by atoms with Gasteiger partial charge in [0.05, 0.1) is 5.92 Å². The summed E-state index contributed by atoms with van der Waals surface area (Å²) in [6.45, 7) is 13.8. The first kappa shape index (κ1) is 19.7. The monoisotopic (exact) mass is 442 g/mol. The van der Waals surface area contributed by atoms with Crippen molar-refractivity contribution in [1.82, 2.24) is 0 Å². The summed E-state index contributed by atoms with van der Waals surface area (Å²) in [5, 5.41) is 0. The maximum Gasteiger partial charge on any atom is 0.314 e. The lowest BCUT2D eigenvalue weighted by Gasteiger charge is -2.45. The van der Waals surface area contributed by atoms with E-state index in [-0.39, 0.29) is 22.7 Å². The molecular formula is C21H31IO2. The van der Waals surface area contributed by atoms with Gasteiger partial charge in [0.25, 0.3) is 0 Å². The smallest absolute Gasteiger partial charge is 0.314 e. The van der Waals surface area contributed by atoms with E-state index >= 15 is 0 Å². The van der Waals surface area contributed by atoms with Gasteiger partial charge in [0, 0.05) is 3.57 Å².